The van der Waals surface area contributed by atoms with Crippen LogP contribution in [0.5, 0.6) is 0 Å². The van der Waals surface area contributed by atoms with Crippen molar-refractivity contribution in [2.24, 2.45) is 5.92 Å². The zero-order chi connectivity index (χ0) is 25.9. The first-order valence-corrected chi connectivity index (χ1v) is 13.7. The van der Waals surface area contributed by atoms with Gasteiger partial charge in [-0.25, -0.2) is 9.97 Å². The molecule has 1 unspecified atom stereocenters. The minimum atomic E-state index is -0.623. The summed E-state index contributed by atoms with van der Waals surface area (Å²) in [5.41, 5.74) is 2.50. The van der Waals surface area contributed by atoms with E-state index < -0.39 is 6.23 Å². The summed E-state index contributed by atoms with van der Waals surface area (Å²) >= 11 is 0. The lowest BCUT2D eigenvalue weighted by Crippen LogP contribution is -2.49. The summed E-state index contributed by atoms with van der Waals surface area (Å²) in [6.45, 7) is 7.04. The number of likely N-dealkylation sites (N-methyl/N-ethyl adjacent to an activating group) is 1. The van der Waals surface area contributed by atoms with E-state index in [9.17, 15) is 9.90 Å². The topological polar surface area (TPSA) is 103 Å². The number of hydrogen-bond donors (Lipinski definition) is 3. The van der Waals surface area contributed by atoms with Gasteiger partial charge >= 0.3 is 0 Å². The van der Waals surface area contributed by atoms with Gasteiger partial charge in [0.25, 0.3) is 5.91 Å². The van der Waals surface area contributed by atoms with Gasteiger partial charge in [0.05, 0.1) is 31.0 Å². The number of rotatable bonds is 7. The van der Waals surface area contributed by atoms with Crippen molar-refractivity contribution < 1.29 is 14.6 Å². The molecule has 1 aliphatic carbocycles. The molecule has 37 heavy (non-hydrogen) atoms. The molecule has 5 atom stereocenters. The van der Waals surface area contributed by atoms with Crippen molar-refractivity contribution in [2.45, 2.75) is 70.3 Å². The number of aliphatic hydroxyl groups excluding tert-OH is 1. The Kier molecular flexibility index (Phi) is 7.92. The molecule has 1 amide bonds. The smallest absolute Gasteiger partial charge is 0.251 e. The molecule has 1 saturated carbocycles. The molecule has 200 valence electrons. The standard InChI is InChI=1S/C28H40N6O3/c1-18(30-27(35)20-8-10-22(11-9-20)33-12-14-37-15-13-33)23-17-26(32-19(2)31-23)34-24-7-5-4-6-21(24)16-25(34)28(36)29-3/h8-11,17-18,21,24-25,28-29,36H,4-7,12-16H2,1-3H3,(H,30,35)/t18-,21-,24-,25-,28?/m0/s1. The van der Waals surface area contributed by atoms with Crippen LogP contribution in [0.15, 0.2) is 30.3 Å². The lowest BCUT2D eigenvalue weighted by atomic mass is 9.84. The van der Waals surface area contributed by atoms with Gasteiger partial charge in [0.1, 0.15) is 17.9 Å². The highest BCUT2D eigenvalue weighted by Crippen LogP contribution is 2.42. The molecule has 9 nitrogen and oxygen atoms in total. The van der Waals surface area contributed by atoms with E-state index in [2.05, 4.69) is 25.4 Å². The van der Waals surface area contributed by atoms with Crippen LogP contribution >= 0.6 is 0 Å². The number of carbonyl (C=O) groups is 1. The monoisotopic (exact) mass is 508 g/mol. The number of benzene rings is 1. The average molecular weight is 509 g/mol. The van der Waals surface area contributed by atoms with Crippen LogP contribution in [0.1, 0.15) is 66.9 Å². The SMILES string of the molecule is CNC(O)[C@@H]1C[C@@H]2CCCC[C@@H]2N1c1cc([C@H](C)NC(=O)c2ccc(N3CCOCC3)cc2)nc(C)n1. The largest absolute Gasteiger partial charge is 0.378 e. The highest BCUT2D eigenvalue weighted by molar-refractivity contribution is 5.94. The van der Waals surface area contributed by atoms with Gasteiger partial charge in [-0.1, -0.05) is 12.8 Å². The van der Waals surface area contributed by atoms with Gasteiger partial charge in [0.2, 0.25) is 0 Å². The third-order valence-corrected chi connectivity index (χ3v) is 8.19. The summed E-state index contributed by atoms with van der Waals surface area (Å²) in [5.74, 6) is 1.95. The first kappa shape index (κ1) is 25.9. The van der Waals surface area contributed by atoms with E-state index in [0.29, 0.717) is 23.3 Å². The van der Waals surface area contributed by atoms with E-state index in [1.807, 2.05) is 44.2 Å². The molecule has 2 aromatic rings. The van der Waals surface area contributed by atoms with Crippen molar-refractivity contribution in [3.8, 4) is 0 Å². The molecule has 3 heterocycles. The first-order valence-electron chi connectivity index (χ1n) is 13.7. The van der Waals surface area contributed by atoms with E-state index in [0.717, 1.165) is 56.3 Å². The summed E-state index contributed by atoms with van der Waals surface area (Å²) in [6, 6.07) is 9.80. The number of fused-ring (bicyclic) bond motifs is 1. The second kappa shape index (κ2) is 11.3. The van der Waals surface area contributed by atoms with E-state index in [1.54, 1.807) is 7.05 Å². The molecule has 0 bridgehead atoms. The van der Waals surface area contributed by atoms with Crippen LogP contribution in [-0.2, 0) is 4.74 Å². The molecule has 5 rings (SSSR count). The van der Waals surface area contributed by atoms with Gasteiger partial charge in [0.15, 0.2) is 0 Å². The number of aryl methyl sites for hydroxylation is 1. The molecule has 1 aromatic carbocycles. The molecule has 1 aromatic heterocycles. The number of carbonyl (C=O) groups excluding carboxylic acids is 1. The second-order valence-corrected chi connectivity index (χ2v) is 10.6. The molecule has 0 radical (unpaired) electrons. The van der Waals surface area contributed by atoms with Crippen LogP contribution in [0, 0.1) is 12.8 Å². The Morgan fingerprint density at radius 2 is 1.86 bits per heavy atom. The van der Waals surface area contributed by atoms with Crippen LogP contribution in [-0.4, -0.2) is 72.6 Å². The minimum Gasteiger partial charge on any atom is -0.378 e. The van der Waals surface area contributed by atoms with Gasteiger partial charge in [-0.15, -0.1) is 0 Å². The molecule has 3 fully saturated rings. The fraction of sp³-hybridized carbons (Fsp3) is 0.607. The lowest BCUT2D eigenvalue weighted by Gasteiger charge is -2.36. The fourth-order valence-corrected chi connectivity index (χ4v) is 6.24. The van der Waals surface area contributed by atoms with E-state index in [-0.39, 0.29) is 18.0 Å². The predicted octanol–water partition coefficient (Wildman–Crippen LogP) is 2.79. The van der Waals surface area contributed by atoms with Gasteiger partial charge in [-0.05, 0) is 70.3 Å². The van der Waals surface area contributed by atoms with Gasteiger partial charge in [0, 0.05) is 36.4 Å². The summed E-state index contributed by atoms with van der Waals surface area (Å²) in [7, 11) is 1.80. The summed E-state index contributed by atoms with van der Waals surface area (Å²) in [4.78, 5) is 27.1. The number of ether oxygens (including phenoxy) is 1. The molecule has 2 aliphatic heterocycles. The molecular weight excluding hydrogens is 468 g/mol. The highest BCUT2D eigenvalue weighted by atomic mass is 16.5. The summed E-state index contributed by atoms with van der Waals surface area (Å²) in [5, 5.41) is 16.9. The Morgan fingerprint density at radius 1 is 1.14 bits per heavy atom. The average Bonchev–Trinajstić information content (AvgIpc) is 3.32. The third-order valence-electron chi connectivity index (χ3n) is 8.19. The molecule has 3 N–H and O–H groups in total. The summed E-state index contributed by atoms with van der Waals surface area (Å²) in [6.07, 6.45) is 5.10. The van der Waals surface area contributed by atoms with Crippen molar-refractivity contribution in [2.75, 3.05) is 43.2 Å². The quantitative estimate of drug-likeness (QED) is 0.491. The summed E-state index contributed by atoms with van der Waals surface area (Å²) < 4.78 is 5.43. The van der Waals surface area contributed by atoms with Crippen molar-refractivity contribution in [3.63, 3.8) is 0 Å². The number of aliphatic hydroxyl groups is 1. The van der Waals surface area contributed by atoms with E-state index >= 15 is 0 Å². The Bertz CT molecular complexity index is 1070. The second-order valence-electron chi connectivity index (χ2n) is 10.6. The maximum absolute atomic E-state index is 13.1. The van der Waals surface area contributed by atoms with Crippen LogP contribution in [0.4, 0.5) is 11.5 Å². The Labute approximate surface area is 219 Å². The Balaban J connectivity index is 1.32. The molecular formula is C28H40N6O3. The molecule has 2 saturated heterocycles. The number of amides is 1. The molecule has 0 spiro atoms. The Morgan fingerprint density at radius 3 is 2.59 bits per heavy atom. The van der Waals surface area contributed by atoms with Crippen LogP contribution in [0.25, 0.3) is 0 Å². The van der Waals surface area contributed by atoms with Crippen molar-refractivity contribution >= 4 is 17.4 Å². The van der Waals surface area contributed by atoms with Crippen molar-refractivity contribution in [3.05, 3.63) is 47.4 Å². The zero-order valence-electron chi connectivity index (χ0n) is 22.2. The maximum atomic E-state index is 13.1. The lowest BCUT2D eigenvalue weighted by molar-refractivity contribution is 0.0939. The number of nitrogens with one attached hydrogen (secondary N) is 2. The maximum Gasteiger partial charge on any atom is 0.251 e. The molecule has 9 heteroatoms. The van der Waals surface area contributed by atoms with Gasteiger partial charge < -0.3 is 25.0 Å². The van der Waals surface area contributed by atoms with E-state index in [1.165, 1.54) is 19.3 Å². The zero-order valence-corrected chi connectivity index (χ0v) is 22.2. The normalized spacial score (nSPS) is 25.5. The number of aromatic nitrogens is 2. The molecule has 3 aliphatic rings. The van der Waals surface area contributed by atoms with E-state index in [4.69, 9.17) is 9.72 Å². The van der Waals surface area contributed by atoms with Crippen LogP contribution < -0.4 is 20.4 Å². The predicted molar refractivity (Wildman–Crippen MR) is 144 cm³/mol. The number of hydrogen-bond acceptors (Lipinski definition) is 8. The van der Waals surface area contributed by atoms with Gasteiger partial charge in [-0.2, -0.15) is 0 Å². The first-order chi connectivity index (χ1) is 17.9. The third kappa shape index (κ3) is 5.58. The fourth-order valence-electron chi connectivity index (χ4n) is 6.24. The minimum absolute atomic E-state index is 0.0323. The Hall–Kier alpha value is -2.75. The number of anilines is 2. The van der Waals surface area contributed by atoms with Crippen molar-refractivity contribution in [1.82, 2.24) is 20.6 Å². The van der Waals surface area contributed by atoms with Gasteiger partial charge in [-0.3, -0.25) is 10.1 Å². The number of morpholine rings is 1. The van der Waals surface area contributed by atoms with Crippen LogP contribution in [0.3, 0.4) is 0 Å². The highest BCUT2D eigenvalue weighted by Gasteiger charge is 2.45. The van der Waals surface area contributed by atoms with Crippen molar-refractivity contribution in [1.29, 1.82) is 0 Å². The number of nitrogens with zero attached hydrogens (tertiary/aromatic N) is 4. The van der Waals surface area contributed by atoms with Crippen LogP contribution in [0.2, 0.25) is 0 Å².